The van der Waals surface area contributed by atoms with Crippen molar-refractivity contribution >= 4 is 33.0 Å². The van der Waals surface area contributed by atoms with Crippen LogP contribution in [0.25, 0.3) is 61.2 Å². The summed E-state index contributed by atoms with van der Waals surface area (Å²) in [5, 5.41) is 0.840. The van der Waals surface area contributed by atoms with E-state index >= 15 is 0 Å². The summed E-state index contributed by atoms with van der Waals surface area (Å²) < 4.78 is 73.2. The van der Waals surface area contributed by atoms with E-state index in [-0.39, 0.29) is 28.4 Å². The molecule has 0 N–H and O–H groups in total. The Kier molecular flexibility index (Phi) is 6.65. The average molecular weight is 695 g/mol. The molecule has 1 saturated carbocycles. The SMILES string of the molecule is [2H]C([2H])([2H])c1cc2c(cc1-c1ccc(C3([2H])CCC(C)(C)CC3)cc1)oc1c(-c3n(-c4c(C(C)C)cccc4C(C)C)c4ccccc4[n+]3C)c(C)cc(C([2H])([2H])[2H])c12. The van der Waals surface area contributed by atoms with Crippen LogP contribution in [0.5, 0.6) is 0 Å². The fraction of sp³-hybridized carbons (Fsp3) is 0.367. The van der Waals surface area contributed by atoms with Crippen molar-refractivity contribution < 1.29 is 18.6 Å². The van der Waals surface area contributed by atoms with Crippen LogP contribution < -0.4 is 4.57 Å². The summed E-state index contributed by atoms with van der Waals surface area (Å²) >= 11 is 0. The van der Waals surface area contributed by atoms with Gasteiger partial charge in [-0.2, -0.15) is 4.57 Å². The lowest BCUT2D eigenvalue weighted by molar-refractivity contribution is -0.633. The molecule has 52 heavy (non-hydrogen) atoms. The first-order valence-electron chi connectivity index (χ1n) is 22.4. The van der Waals surface area contributed by atoms with Crippen molar-refractivity contribution in [1.29, 1.82) is 0 Å². The maximum atomic E-state index is 9.33. The topological polar surface area (TPSA) is 21.9 Å². The number of hydrogen-bond acceptors (Lipinski definition) is 1. The van der Waals surface area contributed by atoms with Gasteiger partial charge in [0.05, 0.1) is 7.05 Å². The third kappa shape index (κ3) is 5.59. The number of fused-ring (bicyclic) bond motifs is 4. The van der Waals surface area contributed by atoms with Crippen LogP contribution in [0.1, 0.15) is 128 Å². The van der Waals surface area contributed by atoms with Gasteiger partial charge in [-0.25, -0.2) is 4.57 Å². The zero-order valence-electron chi connectivity index (χ0n) is 38.9. The van der Waals surface area contributed by atoms with Crippen LogP contribution in [0.3, 0.4) is 0 Å². The van der Waals surface area contributed by atoms with E-state index in [0.29, 0.717) is 33.1 Å². The van der Waals surface area contributed by atoms with E-state index in [1.165, 1.54) is 11.1 Å². The Bertz CT molecular complexity index is 2730. The van der Waals surface area contributed by atoms with Crippen molar-refractivity contribution in [2.45, 2.75) is 106 Å². The van der Waals surface area contributed by atoms with Gasteiger partial charge < -0.3 is 4.42 Å². The molecule has 266 valence electrons. The smallest absolute Gasteiger partial charge is 0.299 e. The van der Waals surface area contributed by atoms with E-state index in [0.717, 1.165) is 64.9 Å². The summed E-state index contributed by atoms with van der Waals surface area (Å²) in [4.78, 5) is 0. The van der Waals surface area contributed by atoms with Crippen LogP contribution in [0.15, 0.2) is 89.3 Å². The van der Waals surface area contributed by atoms with Crippen LogP contribution >= 0.6 is 0 Å². The molecule has 3 heteroatoms. The second-order valence-corrected chi connectivity index (χ2v) is 16.5. The van der Waals surface area contributed by atoms with Gasteiger partial charge >= 0.3 is 0 Å². The highest BCUT2D eigenvalue weighted by Gasteiger charge is 2.34. The molecule has 0 unspecified atom stereocenters. The highest BCUT2D eigenvalue weighted by molar-refractivity contribution is 6.12. The Morgan fingerprint density at radius 1 is 0.827 bits per heavy atom. The number of aromatic nitrogens is 2. The van der Waals surface area contributed by atoms with Crippen LogP contribution in [0.2, 0.25) is 0 Å². The van der Waals surface area contributed by atoms with E-state index in [1.54, 1.807) is 18.2 Å². The number of aryl methyl sites for hydroxylation is 4. The Labute approximate surface area is 320 Å². The van der Waals surface area contributed by atoms with Crippen molar-refractivity contribution in [2.75, 3.05) is 0 Å². The minimum absolute atomic E-state index is 0.117. The summed E-state index contributed by atoms with van der Waals surface area (Å²) in [7, 11) is 2.04. The zero-order chi connectivity index (χ0) is 42.6. The molecule has 0 radical (unpaired) electrons. The van der Waals surface area contributed by atoms with E-state index in [9.17, 15) is 1.37 Å². The molecule has 0 aliphatic heterocycles. The van der Waals surface area contributed by atoms with Gasteiger partial charge in [-0.3, -0.25) is 0 Å². The van der Waals surface area contributed by atoms with E-state index in [4.69, 9.17) is 12.6 Å². The van der Waals surface area contributed by atoms with Gasteiger partial charge in [0, 0.05) is 31.5 Å². The van der Waals surface area contributed by atoms with Crippen LogP contribution in [-0.4, -0.2) is 4.57 Å². The van der Waals surface area contributed by atoms with E-state index in [1.807, 2.05) is 50.4 Å². The maximum absolute atomic E-state index is 9.33. The molecular formula is C49H55N2O+. The third-order valence-electron chi connectivity index (χ3n) is 11.7. The molecule has 5 aromatic carbocycles. The van der Waals surface area contributed by atoms with Gasteiger partial charge in [0.2, 0.25) is 0 Å². The molecule has 1 aliphatic carbocycles. The van der Waals surface area contributed by atoms with Crippen LogP contribution in [0, 0.1) is 26.0 Å². The third-order valence-corrected chi connectivity index (χ3v) is 11.7. The number of nitrogens with zero attached hydrogens (tertiary/aromatic N) is 2. The summed E-state index contributed by atoms with van der Waals surface area (Å²) in [6.07, 6.45) is 3.51. The molecule has 0 bridgehead atoms. The normalized spacial score (nSPS) is 18.3. The quantitative estimate of drug-likeness (QED) is 0.159. The first kappa shape index (κ1) is 27.0. The van der Waals surface area contributed by atoms with Gasteiger partial charge in [0.15, 0.2) is 16.6 Å². The lowest BCUT2D eigenvalue weighted by Gasteiger charge is -2.34. The fourth-order valence-electron chi connectivity index (χ4n) is 8.64. The monoisotopic (exact) mass is 694 g/mol. The molecule has 2 aromatic heterocycles. The molecule has 0 atom stereocenters. The Hall–Kier alpha value is -4.63. The first-order valence-corrected chi connectivity index (χ1v) is 18.9. The fourth-order valence-corrected chi connectivity index (χ4v) is 8.64. The molecule has 2 heterocycles. The van der Waals surface area contributed by atoms with Gasteiger partial charge in [-0.1, -0.05) is 102 Å². The summed E-state index contributed by atoms with van der Waals surface area (Å²) in [6.45, 7) is 10.3. The number of rotatable bonds is 6. The highest BCUT2D eigenvalue weighted by atomic mass is 16.3. The van der Waals surface area contributed by atoms with Crippen molar-refractivity contribution in [3.8, 4) is 28.2 Å². The van der Waals surface area contributed by atoms with Gasteiger partial charge in [-0.05, 0) is 127 Å². The number of imidazole rings is 1. The number of furan rings is 1. The molecule has 1 fully saturated rings. The molecule has 1 aliphatic rings. The first-order chi connectivity index (χ1) is 27.6. The predicted molar refractivity (Wildman–Crippen MR) is 220 cm³/mol. The Morgan fingerprint density at radius 2 is 1.50 bits per heavy atom. The van der Waals surface area contributed by atoms with Crippen molar-refractivity contribution in [3.63, 3.8) is 0 Å². The number of benzene rings is 5. The van der Waals surface area contributed by atoms with Gasteiger partial charge in [0.1, 0.15) is 16.8 Å². The Balaban J connectivity index is 1.44. The average Bonchev–Trinajstić information content (AvgIpc) is 3.68. The standard InChI is InChI=1S/C49H55N2O/c1-29(2)37-14-13-15-38(30(3)4)46(37)51-42-17-12-11-16-41(42)50(10)48(51)45-33(7)26-32(6)44-40-27-31(5)39(28-43(40)52-47(44)45)36-20-18-34(19-21-36)35-22-24-49(8,9)25-23-35/h11-21,26-30,35H,22-25H2,1-10H3/q+1/i5D3,6D3,35D. The lowest BCUT2D eigenvalue weighted by atomic mass is 9.71. The van der Waals surface area contributed by atoms with Crippen molar-refractivity contribution in [3.05, 3.63) is 118 Å². The zero-order valence-corrected chi connectivity index (χ0v) is 31.9. The molecule has 0 saturated heterocycles. The number of para-hydroxylation sites is 3. The Morgan fingerprint density at radius 3 is 2.15 bits per heavy atom. The summed E-state index contributed by atoms with van der Waals surface area (Å²) in [5.74, 6) is 0.566. The molecule has 0 amide bonds. The van der Waals surface area contributed by atoms with Gasteiger partial charge in [0.25, 0.3) is 5.82 Å². The van der Waals surface area contributed by atoms with E-state index in [2.05, 4.69) is 81.0 Å². The van der Waals surface area contributed by atoms with E-state index < -0.39 is 19.6 Å². The second kappa shape index (κ2) is 12.8. The van der Waals surface area contributed by atoms with Crippen molar-refractivity contribution in [1.82, 2.24) is 4.57 Å². The summed E-state index contributed by atoms with van der Waals surface area (Å²) in [5.41, 5.74) is 10.4. The molecular weight excluding hydrogens is 633 g/mol. The predicted octanol–water partition coefficient (Wildman–Crippen LogP) is 13.5. The lowest BCUT2D eigenvalue weighted by Crippen LogP contribution is -2.30. The van der Waals surface area contributed by atoms with Gasteiger partial charge in [-0.15, -0.1) is 0 Å². The second-order valence-electron chi connectivity index (χ2n) is 16.5. The summed E-state index contributed by atoms with van der Waals surface area (Å²) in [6, 6.07) is 27.7. The molecule has 3 nitrogen and oxygen atoms in total. The number of hydrogen-bond donors (Lipinski definition) is 0. The molecule has 7 aromatic rings. The van der Waals surface area contributed by atoms with Crippen LogP contribution in [-0.2, 0) is 7.05 Å². The molecule has 8 rings (SSSR count). The molecule has 0 spiro atoms. The maximum Gasteiger partial charge on any atom is 0.299 e. The minimum Gasteiger partial charge on any atom is -0.455 e. The highest BCUT2D eigenvalue weighted by Crippen LogP contribution is 2.45. The van der Waals surface area contributed by atoms with Crippen molar-refractivity contribution in [2.24, 2.45) is 12.5 Å². The minimum atomic E-state index is -2.52. The van der Waals surface area contributed by atoms with Crippen LogP contribution in [0.4, 0.5) is 0 Å². The largest absolute Gasteiger partial charge is 0.455 e.